The van der Waals surface area contributed by atoms with Gasteiger partial charge in [-0.15, -0.1) is 0 Å². The van der Waals surface area contributed by atoms with Gasteiger partial charge in [-0.2, -0.15) is 11.8 Å². The summed E-state index contributed by atoms with van der Waals surface area (Å²) < 4.78 is 5.57. The number of phenolic OH excluding ortho intramolecular Hbond substituents is 1. The van der Waals surface area contributed by atoms with Crippen molar-refractivity contribution in [2.75, 3.05) is 18.1 Å². The van der Waals surface area contributed by atoms with E-state index in [2.05, 4.69) is 19.2 Å². The Morgan fingerprint density at radius 2 is 2.41 bits per heavy atom. The van der Waals surface area contributed by atoms with Crippen LogP contribution in [-0.2, 0) is 0 Å². The molecule has 17 heavy (non-hydrogen) atoms. The monoisotopic (exact) mass is 253 g/mol. The Kier molecular flexibility index (Phi) is 4.18. The van der Waals surface area contributed by atoms with Crippen LogP contribution in [0.15, 0.2) is 18.2 Å². The Hall–Kier alpha value is -0.870. The van der Waals surface area contributed by atoms with E-state index in [0.29, 0.717) is 12.6 Å². The average Bonchev–Trinajstić information content (AvgIpc) is 2.69. The van der Waals surface area contributed by atoms with Crippen LogP contribution >= 0.6 is 11.8 Å². The van der Waals surface area contributed by atoms with Gasteiger partial charge in [-0.3, -0.25) is 0 Å². The molecule has 0 radical (unpaired) electrons. The SMILES string of the molecule is CCSCC(C)NC1COc2cc(O)ccc21. The summed E-state index contributed by atoms with van der Waals surface area (Å²) in [6, 6.07) is 6.05. The molecule has 1 heterocycles. The summed E-state index contributed by atoms with van der Waals surface area (Å²) in [5.74, 6) is 3.33. The van der Waals surface area contributed by atoms with Gasteiger partial charge in [0, 0.05) is 23.4 Å². The van der Waals surface area contributed by atoms with Gasteiger partial charge in [0.25, 0.3) is 0 Å². The van der Waals surface area contributed by atoms with E-state index in [4.69, 9.17) is 4.74 Å². The van der Waals surface area contributed by atoms with E-state index in [1.807, 2.05) is 17.8 Å². The van der Waals surface area contributed by atoms with Crippen molar-refractivity contribution in [1.82, 2.24) is 5.32 Å². The number of hydrogen-bond donors (Lipinski definition) is 2. The zero-order valence-electron chi connectivity index (χ0n) is 10.3. The van der Waals surface area contributed by atoms with E-state index in [1.165, 1.54) is 0 Å². The summed E-state index contributed by atoms with van der Waals surface area (Å²) in [5.41, 5.74) is 1.15. The lowest BCUT2D eigenvalue weighted by atomic mass is 10.1. The maximum Gasteiger partial charge on any atom is 0.127 e. The van der Waals surface area contributed by atoms with Crippen molar-refractivity contribution in [2.24, 2.45) is 0 Å². The molecule has 94 valence electrons. The van der Waals surface area contributed by atoms with Gasteiger partial charge in [0.2, 0.25) is 0 Å². The minimum absolute atomic E-state index is 0.248. The number of phenols is 1. The summed E-state index contributed by atoms with van der Waals surface area (Å²) in [4.78, 5) is 0. The third-order valence-electron chi connectivity index (χ3n) is 2.84. The summed E-state index contributed by atoms with van der Waals surface area (Å²) in [6.45, 7) is 5.02. The lowest BCUT2D eigenvalue weighted by Crippen LogP contribution is -2.33. The fraction of sp³-hybridized carbons (Fsp3) is 0.538. The highest BCUT2D eigenvalue weighted by Crippen LogP contribution is 2.35. The van der Waals surface area contributed by atoms with Crippen LogP contribution in [0.1, 0.15) is 25.5 Å². The maximum absolute atomic E-state index is 9.38. The van der Waals surface area contributed by atoms with Gasteiger partial charge in [0.1, 0.15) is 18.1 Å². The molecule has 4 heteroatoms. The van der Waals surface area contributed by atoms with Crippen LogP contribution < -0.4 is 10.1 Å². The van der Waals surface area contributed by atoms with Gasteiger partial charge < -0.3 is 15.2 Å². The van der Waals surface area contributed by atoms with Gasteiger partial charge in [-0.1, -0.05) is 6.92 Å². The first-order valence-corrected chi connectivity index (χ1v) is 7.15. The summed E-state index contributed by atoms with van der Waals surface area (Å²) >= 11 is 1.94. The zero-order valence-corrected chi connectivity index (χ0v) is 11.1. The number of fused-ring (bicyclic) bond motifs is 1. The molecule has 0 bridgehead atoms. The second-order valence-electron chi connectivity index (χ2n) is 4.31. The fourth-order valence-electron chi connectivity index (χ4n) is 2.02. The second-order valence-corrected chi connectivity index (χ2v) is 5.63. The van der Waals surface area contributed by atoms with E-state index < -0.39 is 0 Å². The molecule has 0 aromatic heterocycles. The average molecular weight is 253 g/mol. The Balaban J connectivity index is 1.97. The molecule has 0 amide bonds. The minimum Gasteiger partial charge on any atom is -0.508 e. The first-order chi connectivity index (χ1) is 8.20. The topological polar surface area (TPSA) is 41.5 Å². The van der Waals surface area contributed by atoms with Crippen molar-refractivity contribution >= 4 is 11.8 Å². The third-order valence-corrected chi connectivity index (χ3v) is 3.98. The molecule has 1 aromatic rings. The molecule has 0 saturated carbocycles. The van der Waals surface area contributed by atoms with Crippen LogP contribution in [0.3, 0.4) is 0 Å². The Labute approximate surface area is 107 Å². The van der Waals surface area contributed by atoms with E-state index in [9.17, 15) is 5.11 Å². The molecule has 2 rings (SSSR count). The van der Waals surface area contributed by atoms with Crippen molar-refractivity contribution in [2.45, 2.75) is 25.9 Å². The number of hydrogen-bond acceptors (Lipinski definition) is 4. The number of thioether (sulfide) groups is 1. The molecule has 3 nitrogen and oxygen atoms in total. The van der Waals surface area contributed by atoms with Crippen molar-refractivity contribution in [3.63, 3.8) is 0 Å². The molecule has 2 atom stereocenters. The molecule has 0 spiro atoms. The van der Waals surface area contributed by atoms with E-state index in [-0.39, 0.29) is 11.8 Å². The molecule has 0 aliphatic carbocycles. The molecular formula is C13H19NO2S. The summed E-state index contributed by atoms with van der Waals surface area (Å²) in [5, 5.41) is 12.9. The van der Waals surface area contributed by atoms with Crippen LogP contribution in [0.2, 0.25) is 0 Å². The second kappa shape index (κ2) is 5.65. The van der Waals surface area contributed by atoms with Gasteiger partial charge in [0.05, 0.1) is 6.04 Å². The van der Waals surface area contributed by atoms with Crippen molar-refractivity contribution in [3.8, 4) is 11.5 Å². The van der Waals surface area contributed by atoms with Crippen molar-refractivity contribution in [1.29, 1.82) is 0 Å². The molecule has 1 aliphatic rings. The molecule has 2 unspecified atom stereocenters. The molecule has 2 N–H and O–H groups in total. The van der Waals surface area contributed by atoms with Crippen molar-refractivity contribution in [3.05, 3.63) is 23.8 Å². The van der Waals surface area contributed by atoms with Crippen LogP contribution in [-0.4, -0.2) is 29.3 Å². The zero-order chi connectivity index (χ0) is 12.3. The van der Waals surface area contributed by atoms with Crippen LogP contribution in [0.5, 0.6) is 11.5 Å². The Morgan fingerprint density at radius 1 is 1.59 bits per heavy atom. The number of ether oxygens (including phenoxy) is 1. The summed E-state index contributed by atoms with van der Waals surface area (Å²) in [7, 11) is 0. The van der Waals surface area contributed by atoms with E-state index in [1.54, 1.807) is 12.1 Å². The van der Waals surface area contributed by atoms with Crippen molar-refractivity contribution < 1.29 is 9.84 Å². The summed E-state index contributed by atoms with van der Waals surface area (Å²) in [6.07, 6.45) is 0. The van der Waals surface area contributed by atoms with E-state index in [0.717, 1.165) is 22.8 Å². The fourth-order valence-corrected chi connectivity index (χ4v) is 2.71. The van der Waals surface area contributed by atoms with Gasteiger partial charge in [-0.25, -0.2) is 0 Å². The van der Waals surface area contributed by atoms with Crippen LogP contribution in [0, 0.1) is 0 Å². The third kappa shape index (κ3) is 3.07. The molecule has 0 fully saturated rings. The lowest BCUT2D eigenvalue weighted by Gasteiger charge is -2.18. The highest BCUT2D eigenvalue weighted by atomic mass is 32.2. The number of benzene rings is 1. The number of rotatable bonds is 5. The minimum atomic E-state index is 0.248. The van der Waals surface area contributed by atoms with Crippen LogP contribution in [0.25, 0.3) is 0 Å². The van der Waals surface area contributed by atoms with Gasteiger partial charge in [0.15, 0.2) is 0 Å². The maximum atomic E-state index is 9.38. The first-order valence-electron chi connectivity index (χ1n) is 6.00. The highest BCUT2D eigenvalue weighted by molar-refractivity contribution is 7.99. The standard InChI is InChI=1S/C13H19NO2S/c1-3-17-8-9(2)14-12-7-16-13-6-10(15)4-5-11(12)13/h4-6,9,12,14-15H,3,7-8H2,1-2H3. The predicted octanol–water partition coefficient (Wildman–Crippen LogP) is 2.56. The van der Waals surface area contributed by atoms with E-state index >= 15 is 0 Å². The Bertz CT molecular complexity index is 384. The normalized spacial score (nSPS) is 19.8. The first kappa shape index (κ1) is 12.6. The largest absolute Gasteiger partial charge is 0.508 e. The Morgan fingerprint density at radius 3 is 3.18 bits per heavy atom. The molecule has 0 saturated heterocycles. The number of aromatic hydroxyl groups is 1. The quantitative estimate of drug-likeness (QED) is 0.846. The molecule has 1 aliphatic heterocycles. The van der Waals surface area contributed by atoms with Gasteiger partial charge >= 0.3 is 0 Å². The van der Waals surface area contributed by atoms with Gasteiger partial charge in [-0.05, 0) is 24.8 Å². The lowest BCUT2D eigenvalue weighted by molar-refractivity contribution is 0.303. The molecule has 1 aromatic carbocycles. The molecular weight excluding hydrogens is 234 g/mol. The predicted molar refractivity (Wildman–Crippen MR) is 71.9 cm³/mol. The highest BCUT2D eigenvalue weighted by Gasteiger charge is 2.25. The van der Waals surface area contributed by atoms with Crippen LogP contribution in [0.4, 0.5) is 0 Å². The smallest absolute Gasteiger partial charge is 0.127 e. The number of nitrogens with one attached hydrogen (secondary N) is 1.